The molecule has 0 aromatic carbocycles. The fraction of sp³-hybridized carbons (Fsp3) is 0.538. The highest BCUT2D eigenvalue weighted by Gasteiger charge is 2.23. The molecular weight excluding hydrogens is 250 g/mol. The molecule has 0 bridgehead atoms. The summed E-state index contributed by atoms with van der Waals surface area (Å²) in [7, 11) is 1.97. The molecule has 0 unspecified atom stereocenters. The van der Waals surface area contributed by atoms with Crippen LogP contribution in [0.3, 0.4) is 0 Å². The van der Waals surface area contributed by atoms with Crippen molar-refractivity contribution in [3.63, 3.8) is 0 Å². The molecule has 18 heavy (non-hydrogen) atoms. The summed E-state index contributed by atoms with van der Waals surface area (Å²) >= 11 is 5.76. The Bertz CT molecular complexity index is 399. The number of nitrogens with one attached hydrogen (secondary N) is 1. The number of piperidine rings is 1. The molecule has 0 atom stereocenters. The van der Waals surface area contributed by atoms with E-state index in [0.717, 1.165) is 32.5 Å². The average molecular weight is 268 g/mol. The summed E-state index contributed by atoms with van der Waals surface area (Å²) in [5.41, 5.74) is 0.478. The maximum Gasteiger partial charge on any atom is 0.272 e. The van der Waals surface area contributed by atoms with Crippen LogP contribution in [-0.2, 0) is 0 Å². The van der Waals surface area contributed by atoms with Crippen LogP contribution in [-0.4, -0.2) is 42.5 Å². The molecule has 1 aliphatic heterocycles. The minimum atomic E-state index is 0.00887. The Labute approximate surface area is 112 Å². The van der Waals surface area contributed by atoms with Crippen molar-refractivity contribution < 1.29 is 4.79 Å². The lowest BCUT2D eigenvalue weighted by Gasteiger charge is -2.31. The zero-order valence-corrected chi connectivity index (χ0v) is 11.3. The van der Waals surface area contributed by atoms with Gasteiger partial charge in [0.25, 0.3) is 5.91 Å². The first-order chi connectivity index (χ1) is 8.70. The van der Waals surface area contributed by atoms with Crippen LogP contribution in [0, 0.1) is 5.92 Å². The molecule has 0 spiro atoms. The molecule has 1 saturated heterocycles. The van der Waals surface area contributed by atoms with Crippen LogP contribution in [0.4, 0.5) is 0 Å². The molecule has 1 N–H and O–H groups in total. The van der Waals surface area contributed by atoms with Gasteiger partial charge in [-0.05, 0) is 44.5 Å². The first-order valence-electron chi connectivity index (χ1n) is 6.26. The molecule has 4 nitrogen and oxygen atoms in total. The highest BCUT2D eigenvalue weighted by molar-refractivity contribution is 6.30. The highest BCUT2D eigenvalue weighted by atomic mass is 35.5. The third-order valence-electron chi connectivity index (χ3n) is 3.34. The van der Waals surface area contributed by atoms with Gasteiger partial charge in [0.15, 0.2) is 0 Å². The molecule has 0 aliphatic carbocycles. The third-order valence-corrected chi connectivity index (χ3v) is 3.56. The number of likely N-dealkylation sites (tertiary alicyclic amines) is 1. The average Bonchev–Trinajstić information content (AvgIpc) is 2.40. The fourth-order valence-electron chi connectivity index (χ4n) is 2.29. The highest BCUT2D eigenvalue weighted by Crippen LogP contribution is 2.18. The number of carbonyl (C=O) groups excluding carboxylic acids is 1. The molecule has 2 heterocycles. The van der Waals surface area contributed by atoms with Crippen LogP contribution in [0.5, 0.6) is 0 Å². The van der Waals surface area contributed by atoms with Gasteiger partial charge >= 0.3 is 0 Å². The van der Waals surface area contributed by atoms with Crippen LogP contribution >= 0.6 is 11.6 Å². The summed E-state index contributed by atoms with van der Waals surface area (Å²) in [6.45, 7) is 2.66. The molecule has 1 fully saturated rings. The zero-order valence-electron chi connectivity index (χ0n) is 10.5. The number of halogens is 1. The van der Waals surface area contributed by atoms with Gasteiger partial charge in [-0.2, -0.15) is 0 Å². The standard InChI is InChI=1S/C13H18ClN3O/c1-15-8-10-4-6-17(7-5-10)13(18)12-3-2-11(14)9-16-12/h2-3,9-10,15H,4-8H2,1H3. The van der Waals surface area contributed by atoms with Gasteiger partial charge in [-0.25, -0.2) is 4.98 Å². The third kappa shape index (κ3) is 3.21. The van der Waals surface area contributed by atoms with E-state index in [1.54, 1.807) is 12.1 Å². The minimum absolute atomic E-state index is 0.00887. The molecule has 5 heteroatoms. The summed E-state index contributed by atoms with van der Waals surface area (Å²) in [5, 5.41) is 3.74. The molecule has 1 amide bonds. The van der Waals surface area contributed by atoms with Gasteiger partial charge < -0.3 is 10.2 Å². The number of nitrogens with zero attached hydrogens (tertiary/aromatic N) is 2. The van der Waals surface area contributed by atoms with Gasteiger partial charge in [-0.1, -0.05) is 11.6 Å². The van der Waals surface area contributed by atoms with Gasteiger partial charge in [0.05, 0.1) is 5.02 Å². The fourth-order valence-corrected chi connectivity index (χ4v) is 2.40. The van der Waals surface area contributed by atoms with Crippen LogP contribution in [0.15, 0.2) is 18.3 Å². The quantitative estimate of drug-likeness (QED) is 0.908. The smallest absolute Gasteiger partial charge is 0.272 e. The Morgan fingerprint density at radius 2 is 2.22 bits per heavy atom. The lowest BCUT2D eigenvalue weighted by Crippen LogP contribution is -2.40. The molecule has 98 valence electrons. The number of hydrogen-bond donors (Lipinski definition) is 1. The molecule has 1 aromatic rings. The largest absolute Gasteiger partial charge is 0.337 e. The molecular formula is C13H18ClN3O. The normalized spacial score (nSPS) is 16.9. The van der Waals surface area contributed by atoms with Gasteiger partial charge in [0, 0.05) is 19.3 Å². The van der Waals surface area contributed by atoms with Gasteiger partial charge in [-0.15, -0.1) is 0 Å². The van der Waals surface area contributed by atoms with Gasteiger partial charge in [-0.3, -0.25) is 4.79 Å². The summed E-state index contributed by atoms with van der Waals surface area (Å²) < 4.78 is 0. The SMILES string of the molecule is CNCC1CCN(C(=O)c2ccc(Cl)cn2)CC1. The lowest BCUT2D eigenvalue weighted by molar-refractivity contribution is 0.0685. The molecule has 1 aromatic heterocycles. The Morgan fingerprint density at radius 1 is 1.50 bits per heavy atom. The van der Waals surface area contributed by atoms with Gasteiger partial charge in [0.2, 0.25) is 0 Å². The Balaban J connectivity index is 1.93. The van der Waals surface area contributed by atoms with Crippen molar-refractivity contribution >= 4 is 17.5 Å². The van der Waals surface area contributed by atoms with Crippen molar-refractivity contribution in [1.82, 2.24) is 15.2 Å². The second kappa shape index (κ2) is 6.16. The predicted molar refractivity (Wildman–Crippen MR) is 71.8 cm³/mol. The molecule has 0 saturated carbocycles. The van der Waals surface area contributed by atoms with E-state index in [2.05, 4.69) is 10.3 Å². The van der Waals surface area contributed by atoms with Crippen molar-refractivity contribution in [3.8, 4) is 0 Å². The maximum absolute atomic E-state index is 12.2. The van der Waals surface area contributed by atoms with E-state index in [1.807, 2.05) is 11.9 Å². The van der Waals surface area contributed by atoms with Crippen molar-refractivity contribution in [2.75, 3.05) is 26.7 Å². The summed E-state index contributed by atoms with van der Waals surface area (Å²) in [5.74, 6) is 0.687. The molecule has 2 rings (SSSR count). The van der Waals surface area contributed by atoms with Crippen molar-refractivity contribution in [2.45, 2.75) is 12.8 Å². The Morgan fingerprint density at radius 3 is 2.78 bits per heavy atom. The first kappa shape index (κ1) is 13.3. The maximum atomic E-state index is 12.2. The monoisotopic (exact) mass is 267 g/mol. The number of aromatic nitrogens is 1. The van der Waals surface area contributed by atoms with Crippen LogP contribution < -0.4 is 5.32 Å². The van der Waals surface area contributed by atoms with Crippen LogP contribution in [0.1, 0.15) is 23.3 Å². The molecule has 1 aliphatic rings. The number of amides is 1. The lowest BCUT2D eigenvalue weighted by atomic mass is 9.96. The van der Waals surface area contributed by atoms with Crippen LogP contribution in [0.25, 0.3) is 0 Å². The second-order valence-electron chi connectivity index (χ2n) is 4.65. The number of carbonyl (C=O) groups is 1. The minimum Gasteiger partial charge on any atom is -0.337 e. The molecule has 0 radical (unpaired) electrons. The van der Waals surface area contributed by atoms with E-state index < -0.39 is 0 Å². The Kier molecular flexibility index (Phi) is 4.55. The summed E-state index contributed by atoms with van der Waals surface area (Å²) in [6.07, 6.45) is 3.63. The second-order valence-corrected chi connectivity index (χ2v) is 5.09. The summed E-state index contributed by atoms with van der Waals surface area (Å²) in [4.78, 5) is 18.1. The summed E-state index contributed by atoms with van der Waals surface area (Å²) in [6, 6.07) is 3.39. The van der Waals surface area contributed by atoms with Crippen molar-refractivity contribution in [1.29, 1.82) is 0 Å². The number of rotatable bonds is 3. The van der Waals surface area contributed by atoms with Crippen molar-refractivity contribution in [2.24, 2.45) is 5.92 Å². The number of pyridine rings is 1. The topological polar surface area (TPSA) is 45.2 Å². The van der Waals surface area contributed by atoms with E-state index in [1.165, 1.54) is 6.20 Å². The number of hydrogen-bond acceptors (Lipinski definition) is 3. The van der Waals surface area contributed by atoms with E-state index in [-0.39, 0.29) is 5.91 Å². The first-order valence-corrected chi connectivity index (χ1v) is 6.64. The zero-order chi connectivity index (χ0) is 13.0. The van der Waals surface area contributed by atoms with E-state index in [0.29, 0.717) is 16.6 Å². The predicted octanol–water partition coefficient (Wildman–Crippen LogP) is 1.81. The van der Waals surface area contributed by atoms with E-state index in [9.17, 15) is 4.79 Å². The van der Waals surface area contributed by atoms with Crippen LogP contribution in [0.2, 0.25) is 5.02 Å². The Hall–Kier alpha value is -1.13. The van der Waals surface area contributed by atoms with Gasteiger partial charge in [0.1, 0.15) is 5.69 Å². The van der Waals surface area contributed by atoms with E-state index in [4.69, 9.17) is 11.6 Å². The van der Waals surface area contributed by atoms with E-state index >= 15 is 0 Å². The van der Waals surface area contributed by atoms with Crippen molar-refractivity contribution in [3.05, 3.63) is 29.0 Å².